The molecule has 0 bridgehead atoms. The Labute approximate surface area is 160 Å². The van der Waals surface area contributed by atoms with E-state index in [2.05, 4.69) is 48.2 Å². The minimum atomic E-state index is -0.152. The van der Waals surface area contributed by atoms with Crippen LogP contribution in [-0.2, 0) is 6.54 Å². The number of amides is 1. The van der Waals surface area contributed by atoms with E-state index >= 15 is 0 Å². The van der Waals surface area contributed by atoms with Gasteiger partial charge in [-0.05, 0) is 37.5 Å². The Morgan fingerprint density at radius 1 is 1.00 bits per heavy atom. The molecular formula is C22H24N4O. The summed E-state index contributed by atoms with van der Waals surface area (Å²) in [6, 6.07) is 14.1. The van der Waals surface area contributed by atoms with Gasteiger partial charge in [0.05, 0.1) is 12.4 Å². The molecule has 0 aliphatic heterocycles. The molecule has 0 saturated heterocycles. The summed E-state index contributed by atoms with van der Waals surface area (Å²) >= 11 is 0. The number of anilines is 2. The summed E-state index contributed by atoms with van der Waals surface area (Å²) in [4.78, 5) is 22.9. The van der Waals surface area contributed by atoms with Crippen LogP contribution in [0.25, 0.3) is 0 Å². The zero-order valence-electron chi connectivity index (χ0n) is 16.2. The fourth-order valence-corrected chi connectivity index (χ4v) is 3.13. The lowest BCUT2D eigenvalue weighted by Gasteiger charge is -2.17. The third-order valence-corrected chi connectivity index (χ3v) is 4.41. The number of hydrogen-bond donors (Lipinski definition) is 1. The average molecular weight is 360 g/mol. The molecule has 0 saturated carbocycles. The van der Waals surface area contributed by atoms with Crippen LogP contribution in [0.5, 0.6) is 0 Å². The summed E-state index contributed by atoms with van der Waals surface area (Å²) < 4.78 is 0. The van der Waals surface area contributed by atoms with E-state index in [1.807, 2.05) is 30.3 Å². The van der Waals surface area contributed by atoms with E-state index in [1.54, 1.807) is 18.1 Å². The van der Waals surface area contributed by atoms with Crippen molar-refractivity contribution in [3.05, 3.63) is 82.8 Å². The van der Waals surface area contributed by atoms with Crippen molar-refractivity contribution < 1.29 is 4.79 Å². The van der Waals surface area contributed by atoms with E-state index in [0.29, 0.717) is 18.1 Å². The molecule has 5 nitrogen and oxygen atoms in total. The highest BCUT2D eigenvalue weighted by Gasteiger charge is 2.14. The predicted octanol–water partition coefficient (Wildman–Crippen LogP) is 4.42. The van der Waals surface area contributed by atoms with Crippen molar-refractivity contribution in [1.82, 2.24) is 14.9 Å². The van der Waals surface area contributed by atoms with E-state index in [9.17, 15) is 4.79 Å². The van der Waals surface area contributed by atoms with E-state index in [1.165, 1.54) is 11.8 Å². The molecule has 0 atom stereocenters. The maximum absolute atomic E-state index is 12.6. The molecule has 0 aliphatic rings. The second kappa shape index (κ2) is 7.99. The van der Waals surface area contributed by atoms with Crippen LogP contribution < -0.4 is 5.32 Å². The first-order valence-electron chi connectivity index (χ1n) is 8.90. The molecule has 1 N–H and O–H groups in total. The van der Waals surface area contributed by atoms with Gasteiger partial charge in [-0.2, -0.15) is 0 Å². The van der Waals surface area contributed by atoms with Crippen molar-refractivity contribution in [1.29, 1.82) is 0 Å². The van der Waals surface area contributed by atoms with E-state index in [0.717, 1.165) is 22.4 Å². The largest absolute Gasteiger partial charge is 0.339 e. The molecule has 3 rings (SSSR count). The Balaban J connectivity index is 1.71. The second-order valence-electron chi connectivity index (χ2n) is 6.83. The van der Waals surface area contributed by atoms with Crippen molar-refractivity contribution in [2.24, 2.45) is 0 Å². The molecule has 1 heterocycles. The zero-order valence-corrected chi connectivity index (χ0v) is 16.2. The topological polar surface area (TPSA) is 58.1 Å². The average Bonchev–Trinajstić information content (AvgIpc) is 2.65. The highest BCUT2D eigenvalue weighted by atomic mass is 16.2. The number of hydrogen-bond acceptors (Lipinski definition) is 4. The summed E-state index contributed by atoms with van der Waals surface area (Å²) in [5.41, 5.74) is 5.95. The maximum atomic E-state index is 12.6. The number of aryl methyl sites for hydroxylation is 3. The quantitative estimate of drug-likeness (QED) is 0.732. The van der Waals surface area contributed by atoms with Gasteiger partial charge < -0.3 is 10.2 Å². The predicted molar refractivity (Wildman–Crippen MR) is 108 cm³/mol. The number of nitrogens with zero attached hydrogens (tertiary/aromatic N) is 3. The van der Waals surface area contributed by atoms with Crippen molar-refractivity contribution in [3.8, 4) is 0 Å². The first-order chi connectivity index (χ1) is 12.9. The van der Waals surface area contributed by atoms with Crippen LogP contribution in [0.3, 0.4) is 0 Å². The van der Waals surface area contributed by atoms with E-state index in [4.69, 9.17) is 0 Å². The molecule has 0 aliphatic carbocycles. The number of benzene rings is 2. The van der Waals surface area contributed by atoms with Gasteiger partial charge >= 0.3 is 0 Å². The van der Waals surface area contributed by atoms with Gasteiger partial charge in [-0.3, -0.25) is 4.79 Å². The molecule has 0 radical (unpaired) electrons. The van der Waals surface area contributed by atoms with Gasteiger partial charge in [-0.25, -0.2) is 9.97 Å². The SMILES string of the molecule is Cc1cc(C)c(Nc2cnc(C(=O)N(C)Cc3ccccc3)cn2)c(C)c1. The van der Waals surface area contributed by atoms with Gasteiger partial charge in [0.1, 0.15) is 11.5 Å². The van der Waals surface area contributed by atoms with Crippen LogP contribution in [-0.4, -0.2) is 27.8 Å². The Morgan fingerprint density at radius 3 is 2.26 bits per heavy atom. The molecule has 2 aromatic carbocycles. The van der Waals surface area contributed by atoms with Crippen LogP contribution in [0.15, 0.2) is 54.9 Å². The molecule has 0 spiro atoms. The minimum absolute atomic E-state index is 0.152. The normalized spacial score (nSPS) is 10.5. The maximum Gasteiger partial charge on any atom is 0.274 e. The van der Waals surface area contributed by atoms with Gasteiger partial charge in [-0.15, -0.1) is 0 Å². The molecule has 5 heteroatoms. The van der Waals surface area contributed by atoms with Crippen LogP contribution in [0.4, 0.5) is 11.5 Å². The summed E-state index contributed by atoms with van der Waals surface area (Å²) in [6.07, 6.45) is 3.12. The smallest absolute Gasteiger partial charge is 0.274 e. The zero-order chi connectivity index (χ0) is 19.4. The van der Waals surface area contributed by atoms with Gasteiger partial charge in [0.25, 0.3) is 5.91 Å². The van der Waals surface area contributed by atoms with Gasteiger partial charge in [0, 0.05) is 19.3 Å². The Kier molecular flexibility index (Phi) is 5.50. The fourth-order valence-electron chi connectivity index (χ4n) is 3.13. The summed E-state index contributed by atoms with van der Waals surface area (Å²) in [7, 11) is 1.77. The summed E-state index contributed by atoms with van der Waals surface area (Å²) in [6.45, 7) is 6.73. The first-order valence-corrected chi connectivity index (χ1v) is 8.90. The van der Waals surface area contributed by atoms with Crippen molar-refractivity contribution in [2.75, 3.05) is 12.4 Å². The van der Waals surface area contributed by atoms with Gasteiger partial charge in [0.2, 0.25) is 0 Å². The van der Waals surface area contributed by atoms with E-state index < -0.39 is 0 Å². The number of rotatable bonds is 5. The third kappa shape index (κ3) is 4.50. The summed E-state index contributed by atoms with van der Waals surface area (Å²) in [5.74, 6) is 0.466. The first kappa shape index (κ1) is 18.6. The minimum Gasteiger partial charge on any atom is -0.339 e. The number of carbonyl (C=O) groups is 1. The monoisotopic (exact) mass is 360 g/mol. The molecule has 3 aromatic rings. The number of nitrogens with one attached hydrogen (secondary N) is 1. The van der Waals surface area contributed by atoms with Crippen molar-refractivity contribution in [3.63, 3.8) is 0 Å². The summed E-state index contributed by atoms with van der Waals surface area (Å²) in [5, 5.41) is 3.30. The number of aromatic nitrogens is 2. The molecule has 1 amide bonds. The Hall–Kier alpha value is -3.21. The molecule has 138 valence electrons. The van der Waals surface area contributed by atoms with Crippen molar-refractivity contribution in [2.45, 2.75) is 27.3 Å². The molecule has 1 aromatic heterocycles. The highest BCUT2D eigenvalue weighted by molar-refractivity contribution is 5.91. The molecule has 0 fully saturated rings. The van der Waals surface area contributed by atoms with E-state index in [-0.39, 0.29) is 5.91 Å². The Bertz CT molecular complexity index is 913. The highest BCUT2D eigenvalue weighted by Crippen LogP contribution is 2.24. The second-order valence-corrected chi connectivity index (χ2v) is 6.83. The molecule has 27 heavy (non-hydrogen) atoms. The lowest BCUT2D eigenvalue weighted by molar-refractivity contribution is 0.0779. The van der Waals surface area contributed by atoms with Crippen LogP contribution in [0.1, 0.15) is 32.7 Å². The lowest BCUT2D eigenvalue weighted by Crippen LogP contribution is -2.27. The Morgan fingerprint density at radius 2 is 1.67 bits per heavy atom. The fraction of sp³-hybridized carbons (Fsp3) is 0.227. The molecular weight excluding hydrogens is 336 g/mol. The van der Waals surface area contributed by atoms with Crippen LogP contribution >= 0.6 is 0 Å². The lowest BCUT2D eigenvalue weighted by atomic mass is 10.1. The standard InChI is InChI=1S/C22H24N4O/c1-15-10-16(2)21(17(3)11-15)25-20-13-23-19(12-24-20)22(27)26(4)14-18-8-6-5-7-9-18/h5-13H,14H2,1-4H3,(H,24,25). The van der Waals surface area contributed by atoms with Gasteiger partial charge in [-0.1, -0.05) is 48.0 Å². The number of carbonyl (C=O) groups excluding carboxylic acids is 1. The van der Waals surface area contributed by atoms with Crippen LogP contribution in [0.2, 0.25) is 0 Å². The van der Waals surface area contributed by atoms with Crippen LogP contribution in [0, 0.1) is 20.8 Å². The van der Waals surface area contributed by atoms with Crippen molar-refractivity contribution >= 4 is 17.4 Å². The molecule has 0 unspecified atom stereocenters. The van der Waals surface area contributed by atoms with Gasteiger partial charge in [0.15, 0.2) is 0 Å². The third-order valence-electron chi connectivity index (χ3n) is 4.41.